The minimum absolute atomic E-state index is 0.0123. The Kier molecular flexibility index (Phi) is 5.05. The zero-order chi connectivity index (χ0) is 13.0. The largest absolute Gasteiger partial charge is 0.394 e. The van der Waals surface area contributed by atoms with Gasteiger partial charge < -0.3 is 15.3 Å². The highest BCUT2D eigenvalue weighted by molar-refractivity contribution is 4.94. The lowest BCUT2D eigenvalue weighted by Gasteiger charge is -2.33. The van der Waals surface area contributed by atoms with Crippen LogP contribution in [0.15, 0.2) is 0 Å². The number of hydrogen-bond acceptors (Lipinski definition) is 3. The van der Waals surface area contributed by atoms with Gasteiger partial charge in [-0.3, -0.25) is 0 Å². The van der Waals surface area contributed by atoms with Crippen LogP contribution < -0.4 is 5.32 Å². The van der Waals surface area contributed by atoms with Crippen LogP contribution in [0.5, 0.6) is 0 Å². The van der Waals surface area contributed by atoms with Crippen molar-refractivity contribution in [3.63, 3.8) is 0 Å². The second-order valence-electron chi connectivity index (χ2n) is 6.52. The van der Waals surface area contributed by atoms with Gasteiger partial charge in [-0.15, -0.1) is 0 Å². The van der Waals surface area contributed by atoms with E-state index < -0.39 is 0 Å². The van der Waals surface area contributed by atoms with Gasteiger partial charge in [0.15, 0.2) is 0 Å². The molecular formula is C15H30N2O. The van der Waals surface area contributed by atoms with E-state index in [-0.39, 0.29) is 12.1 Å². The summed E-state index contributed by atoms with van der Waals surface area (Å²) >= 11 is 0. The maximum absolute atomic E-state index is 9.70. The third kappa shape index (κ3) is 4.52. The van der Waals surface area contributed by atoms with Gasteiger partial charge in [0.25, 0.3) is 0 Å². The molecule has 0 heterocycles. The monoisotopic (exact) mass is 254 g/mol. The fourth-order valence-corrected chi connectivity index (χ4v) is 2.77. The predicted octanol–water partition coefficient (Wildman–Crippen LogP) is 2.00. The SMILES string of the molecule is CCC(CO)(CCCN(C)CC1CC1)NC1CC1. The van der Waals surface area contributed by atoms with Gasteiger partial charge in [0.1, 0.15) is 0 Å². The topological polar surface area (TPSA) is 35.5 Å². The summed E-state index contributed by atoms with van der Waals surface area (Å²) in [7, 11) is 2.24. The van der Waals surface area contributed by atoms with Gasteiger partial charge in [-0.05, 0) is 64.5 Å². The first-order valence-electron chi connectivity index (χ1n) is 7.74. The highest BCUT2D eigenvalue weighted by atomic mass is 16.3. The Morgan fingerprint density at radius 2 is 2.00 bits per heavy atom. The Balaban J connectivity index is 1.66. The van der Waals surface area contributed by atoms with Crippen molar-refractivity contribution in [2.24, 2.45) is 5.92 Å². The van der Waals surface area contributed by atoms with Crippen molar-refractivity contribution in [2.45, 2.75) is 63.5 Å². The van der Waals surface area contributed by atoms with E-state index in [1.165, 1.54) is 45.2 Å². The van der Waals surface area contributed by atoms with Crippen LogP contribution >= 0.6 is 0 Å². The molecule has 2 rings (SSSR count). The summed E-state index contributed by atoms with van der Waals surface area (Å²) in [6.07, 6.45) is 8.79. The minimum Gasteiger partial charge on any atom is -0.394 e. The third-order valence-corrected chi connectivity index (χ3v) is 4.53. The van der Waals surface area contributed by atoms with Crippen LogP contribution in [0.4, 0.5) is 0 Å². The van der Waals surface area contributed by atoms with Gasteiger partial charge in [-0.25, -0.2) is 0 Å². The standard InChI is InChI=1S/C15H30N2O/c1-3-15(12-18,16-14-7-8-14)9-4-10-17(2)11-13-5-6-13/h13-14,16,18H,3-12H2,1-2H3. The molecule has 106 valence electrons. The van der Waals surface area contributed by atoms with E-state index in [2.05, 4.69) is 24.2 Å². The van der Waals surface area contributed by atoms with Crippen LogP contribution in [0.25, 0.3) is 0 Å². The molecule has 2 fully saturated rings. The number of hydrogen-bond donors (Lipinski definition) is 2. The van der Waals surface area contributed by atoms with E-state index in [4.69, 9.17) is 0 Å². The van der Waals surface area contributed by atoms with E-state index >= 15 is 0 Å². The molecule has 0 aromatic carbocycles. The van der Waals surface area contributed by atoms with E-state index in [1.54, 1.807) is 0 Å². The molecule has 18 heavy (non-hydrogen) atoms. The van der Waals surface area contributed by atoms with Gasteiger partial charge in [0.2, 0.25) is 0 Å². The number of rotatable bonds is 10. The van der Waals surface area contributed by atoms with Crippen molar-refractivity contribution in [3.05, 3.63) is 0 Å². The first kappa shape index (κ1) is 14.3. The number of aliphatic hydroxyl groups excluding tert-OH is 1. The lowest BCUT2D eigenvalue weighted by atomic mass is 9.91. The Labute approximate surface area is 112 Å². The van der Waals surface area contributed by atoms with Crippen molar-refractivity contribution in [2.75, 3.05) is 26.7 Å². The molecule has 0 spiro atoms. The summed E-state index contributed by atoms with van der Waals surface area (Å²) in [6, 6.07) is 0.682. The van der Waals surface area contributed by atoms with E-state index in [9.17, 15) is 5.11 Å². The fourth-order valence-electron chi connectivity index (χ4n) is 2.77. The third-order valence-electron chi connectivity index (χ3n) is 4.53. The maximum Gasteiger partial charge on any atom is 0.0613 e. The van der Waals surface area contributed by atoms with E-state index in [1.807, 2.05) is 0 Å². The lowest BCUT2D eigenvalue weighted by molar-refractivity contribution is 0.138. The van der Waals surface area contributed by atoms with E-state index in [0.717, 1.165) is 18.8 Å². The number of aliphatic hydroxyl groups is 1. The van der Waals surface area contributed by atoms with Crippen LogP contribution in [-0.2, 0) is 0 Å². The molecule has 3 heteroatoms. The molecule has 0 amide bonds. The van der Waals surface area contributed by atoms with Crippen LogP contribution in [0.2, 0.25) is 0 Å². The molecular weight excluding hydrogens is 224 g/mol. The second kappa shape index (κ2) is 6.36. The van der Waals surface area contributed by atoms with Gasteiger partial charge in [-0.1, -0.05) is 6.92 Å². The molecule has 0 saturated heterocycles. The van der Waals surface area contributed by atoms with Crippen molar-refractivity contribution < 1.29 is 5.11 Å². The number of nitrogens with one attached hydrogen (secondary N) is 1. The summed E-state index contributed by atoms with van der Waals surface area (Å²) in [4.78, 5) is 2.46. The van der Waals surface area contributed by atoms with Crippen molar-refractivity contribution >= 4 is 0 Å². The minimum atomic E-state index is -0.0123. The molecule has 0 aromatic rings. The molecule has 3 nitrogen and oxygen atoms in total. The Hall–Kier alpha value is -0.120. The van der Waals surface area contributed by atoms with Crippen LogP contribution in [0.3, 0.4) is 0 Å². The molecule has 0 radical (unpaired) electrons. The van der Waals surface area contributed by atoms with Gasteiger partial charge in [0, 0.05) is 18.1 Å². The van der Waals surface area contributed by atoms with E-state index in [0.29, 0.717) is 6.04 Å². The average Bonchev–Trinajstić information content (AvgIpc) is 3.24. The van der Waals surface area contributed by atoms with Gasteiger partial charge in [0.05, 0.1) is 6.61 Å². The lowest BCUT2D eigenvalue weighted by Crippen LogP contribution is -2.49. The summed E-state index contributed by atoms with van der Waals surface area (Å²) in [6.45, 7) is 4.92. The van der Waals surface area contributed by atoms with Gasteiger partial charge >= 0.3 is 0 Å². The molecule has 0 aliphatic heterocycles. The zero-order valence-corrected chi connectivity index (χ0v) is 12.1. The average molecular weight is 254 g/mol. The fraction of sp³-hybridized carbons (Fsp3) is 1.00. The second-order valence-corrected chi connectivity index (χ2v) is 6.52. The smallest absolute Gasteiger partial charge is 0.0613 e. The maximum atomic E-state index is 9.70. The molecule has 1 unspecified atom stereocenters. The van der Waals surface area contributed by atoms with Crippen LogP contribution in [0.1, 0.15) is 51.9 Å². The predicted molar refractivity (Wildman–Crippen MR) is 75.7 cm³/mol. The van der Waals surface area contributed by atoms with Crippen molar-refractivity contribution in [3.8, 4) is 0 Å². The van der Waals surface area contributed by atoms with Crippen LogP contribution in [-0.4, -0.2) is 48.3 Å². The van der Waals surface area contributed by atoms with Gasteiger partial charge in [-0.2, -0.15) is 0 Å². The zero-order valence-electron chi connectivity index (χ0n) is 12.1. The quantitative estimate of drug-likeness (QED) is 0.626. The van der Waals surface area contributed by atoms with Crippen molar-refractivity contribution in [1.82, 2.24) is 10.2 Å². The van der Waals surface area contributed by atoms with Crippen molar-refractivity contribution in [1.29, 1.82) is 0 Å². The summed E-state index contributed by atoms with van der Waals surface area (Å²) in [5.41, 5.74) is -0.0123. The Morgan fingerprint density at radius 3 is 2.50 bits per heavy atom. The van der Waals surface area contributed by atoms with Crippen LogP contribution in [0, 0.1) is 5.92 Å². The summed E-state index contributed by atoms with van der Waals surface area (Å²) < 4.78 is 0. The molecule has 0 aromatic heterocycles. The Bertz CT molecular complexity index is 245. The molecule has 0 bridgehead atoms. The highest BCUT2D eigenvalue weighted by Gasteiger charge is 2.34. The first-order valence-corrected chi connectivity index (χ1v) is 7.74. The summed E-state index contributed by atoms with van der Waals surface area (Å²) in [5, 5.41) is 13.4. The molecule has 2 aliphatic rings. The first-order chi connectivity index (χ1) is 8.67. The number of nitrogens with zero attached hydrogens (tertiary/aromatic N) is 1. The molecule has 1 atom stereocenters. The molecule has 2 N–H and O–H groups in total. The Morgan fingerprint density at radius 1 is 1.28 bits per heavy atom. The molecule has 2 saturated carbocycles. The molecule has 2 aliphatic carbocycles. The normalized spacial score (nSPS) is 23.3. The highest BCUT2D eigenvalue weighted by Crippen LogP contribution is 2.30. The summed E-state index contributed by atoms with van der Waals surface area (Å²) in [5.74, 6) is 0.980.